The van der Waals surface area contributed by atoms with Gasteiger partial charge in [-0.25, -0.2) is 0 Å². The fourth-order valence-electron chi connectivity index (χ4n) is 3.84. The average Bonchev–Trinajstić information content (AvgIpc) is 3.04. The molecule has 146 valence electrons. The molecule has 5 nitrogen and oxygen atoms in total. The van der Waals surface area contributed by atoms with Crippen molar-refractivity contribution in [1.29, 1.82) is 0 Å². The Morgan fingerprint density at radius 3 is 2.73 bits per heavy atom. The van der Waals surface area contributed by atoms with E-state index in [1.165, 1.54) is 34.6 Å². The molecule has 3 heterocycles. The van der Waals surface area contributed by atoms with Gasteiger partial charge in [-0.3, -0.25) is 9.89 Å². The maximum absolute atomic E-state index is 4.99. The number of piperazine rings is 1. The lowest BCUT2D eigenvalue weighted by atomic mass is 9.99. The molecule has 0 bridgehead atoms. The maximum Gasteiger partial charge on any atom is 0.194 e. The van der Waals surface area contributed by atoms with Gasteiger partial charge in [-0.2, -0.15) is 0 Å². The van der Waals surface area contributed by atoms with E-state index in [0.717, 1.165) is 51.8 Å². The Morgan fingerprint density at radius 1 is 1.27 bits per heavy atom. The van der Waals surface area contributed by atoms with E-state index in [2.05, 4.69) is 62.1 Å². The Hall–Kier alpha value is -0.630. The molecule has 26 heavy (non-hydrogen) atoms. The van der Waals surface area contributed by atoms with E-state index in [1.807, 2.05) is 11.3 Å². The summed E-state index contributed by atoms with van der Waals surface area (Å²) >= 11 is 5.40. The highest BCUT2D eigenvalue weighted by molar-refractivity contribution is 9.11. The molecule has 1 unspecified atom stereocenters. The minimum Gasteiger partial charge on any atom is -0.357 e. The Labute approximate surface area is 170 Å². The molecule has 1 N–H and O–H groups in total. The molecule has 2 aliphatic heterocycles. The molecule has 7 heteroatoms. The van der Waals surface area contributed by atoms with Crippen molar-refractivity contribution in [2.24, 2.45) is 10.9 Å². The Kier molecular flexibility index (Phi) is 7.78. The van der Waals surface area contributed by atoms with Gasteiger partial charge < -0.3 is 15.1 Å². The number of hydrogen-bond acceptors (Lipinski definition) is 4. The third kappa shape index (κ3) is 5.94. The summed E-state index contributed by atoms with van der Waals surface area (Å²) < 4.78 is 1.22. The lowest BCUT2D eigenvalue weighted by Crippen LogP contribution is -2.52. The maximum atomic E-state index is 4.99. The SMILES string of the molecule is CCNC(=NCC1CCCN(C)C1)N1CCN(Cc2ccc(Br)s2)CC1. The first kappa shape index (κ1) is 20.1. The van der Waals surface area contributed by atoms with Gasteiger partial charge in [0.2, 0.25) is 0 Å². The van der Waals surface area contributed by atoms with Crippen LogP contribution in [0.2, 0.25) is 0 Å². The van der Waals surface area contributed by atoms with Gasteiger partial charge in [-0.15, -0.1) is 11.3 Å². The number of nitrogens with one attached hydrogen (secondary N) is 1. The number of rotatable bonds is 5. The molecule has 0 saturated carbocycles. The quantitative estimate of drug-likeness (QED) is 0.562. The normalized spacial score (nSPS) is 23.4. The largest absolute Gasteiger partial charge is 0.357 e. The summed E-state index contributed by atoms with van der Waals surface area (Å²) in [6.45, 7) is 11.9. The molecule has 2 aliphatic rings. The number of aliphatic imine (C=N–C) groups is 1. The monoisotopic (exact) mass is 441 g/mol. The van der Waals surface area contributed by atoms with Crippen molar-refractivity contribution in [2.75, 3.05) is 59.4 Å². The molecular weight excluding hydrogens is 410 g/mol. The summed E-state index contributed by atoms with van der Waals surface area (Å²) in [4.78, 5) is 13.9. The summed E-state index contributed by atoms with van der Waals surface area (Å²) in [5.41, 5.74) is 0. The van der Waals surface area contributed by atoms with Crippen LogP contribution in [-0.2, 0) is 6.54 Å². The van der Waals surface area contributed by atoms with E-state index in [9.17, 15) is 0 Å². The number of halogens is 1. The number of piperidine rings is 1. The second-order valence-corrected chi connectivity index (χ2v) is 9.98. The van der Waals surface area contributed by atoms with Gasteiger partial charge in [-0.1, -0.05) is 0 Å². The van der Waals surface area contributed by atoms with Crippen molar-refractivity contribution >= 4 is 33.2 Å². The zero-order valence-corrected chi connectivity index (χ0v) is 18.5. The molecule has 1 aromatic heterocycles. The first-order chi connectivity index (χ1) is 12.6. The summed E-state index contributed by atoms with van der Waals surface area (Å²) in [5.74, 6) is 1.82. The van der Waals surface area contributed by atoms with Crippen LogP contribution in [0, 0.1) is 5.92 Å². The van der Waals surface area contributed by atoms with Gasteiger partial charge in [0.05, 0.1) is 3.79 Å². The van der Waals surface area contributed by atoms with Crippen molar-refractivity contribution < 1.29 is 0 Å². The van der Waals surface area contributed by atoms with Crippen LogP contribution in [-0.4, -0.2) is 80.1 Å². The Bertz CT molecular complexity index is 582. The lowest BCUT2D eigenvalue weighted by molar-refractivity contribution is 0.173. The molecule has 0 radical (unpaired) electrons. The summed E-state index contributed by atoms with van der Waals surface area (Å²) in [6.07, 6.45) is 2.63. The third-order valence-electron chi connectivity index (χ3n) is 5.24. The molecule has 2 saturated heterocycles. The zero-order chi connectivity index (χ0) is 18.4. The van der Waals surface area contributed by atoms with E-state index >= 15 is 0 Å². The molecule has 0 amide bonds. The summed E-state index contributed by atoms with van der Waals surface area (Å²) in [5, 5.41) is 3.51. The van der Waals surface area contributed by atoms with Gasteiger partial charge in [0.1, 0.15) is 0 Å². The number of guanidine groups is 1. The first-order valence-corrected chi connectivity index (χ1v) is 11.4. The van der Waals surface area contributed by atoms with Gasteiger partial charge >= 0.3 is 0 Å². The van der Waals surface area contributed by atoms with Crippen LogP contribution in [0.15, 0.2) is 20.9 Å². The highest BCUT2D eigenvalue weighted by Gasteiger charge is 2.21. The molecule has 0 spiro atoms. The minimum atomic E-state index is 0.709. The first-order valence-electron chi connectivity index (χ1n) is 9.82. The van der Waals surface area contributed by atoms with Crippen LogP contribution in [0.4, 0.5) is 0 Å². The molecule has 1 aromatic rings. The van der Waals surface area contributed by atoms with Crippen molar-refractivity contribution in [3.63, 3.8) is 0 Å². The lowest BCUT2D eigenvalue weighted by Gasteiger charge is -2.36. The fraction of sp³-hybridized carbons (Fsp3) is 0.737. The standard InChI is InChI=1S/C19H32BrN5S/c1-3-21-19(22-13-16-5-4-8-23(2)14-16)25-11-9-24(10-12-25)15-17-6-7-18(20)26-17/h6-7,16H,3-5,8-15H2,1-2H3,(H,21,22). The average molecular weight is 442 g/mol. The fourth-order valence-corrected chi connectivity index (χ4v) is 5.36. The zero-order valence-electron chi connectivity index (χ0n) is 16.1. The smallest absolute Gasteiger partial charge is 0.194 e. The number of likely N-dealkylation sites (tertiary alicyclic amines) is 1. The predicted molar refractivity (Wildman–Crippen MR) is 115 cm³/mol. The van der Waals surface area contributed by atoms with Crippen LogP contribution in [0.5, 0.6) is 0 Å². The van der Waals surface area contributed by atoms with Gasteiger partial charge in [0.25, 0.3) is 0 Å². The van der Waals surface area contributed by atoms with E-state index in [0.29, 0.717) is 5.92 Å². The van der Waals surface area contributed by atoms with Crippen molar-refractivity contribution in [2.45, 2.75) is 26.3 Å². The molecule has 0 aromatic carbocycles. The van der Waals surface area contributed by atoms with E-state index in [-0.39, 0.29) is 0 Å². The second-order valence-electron chi connectivity index (χ2n) is 7.43. The molecule has 1 atom stereocenters. The van der Waals surface area contributed by atoms with Crippen LogP contribution in [0.1, 0.15) is 24.6 Å². The predicted octanol–water partition coefficient (Wildman–Crippen LogP) is 2.94. The third-order valence-corrected chi connectivity index (χ3v) is 6.84. The van der Waals surface area contributed by atoms with Gasteiger partial charge in [-0.05, 0) is 67.3 Å². The molecule has 0 aliphatic carbocycles. The minimum absolute atomic E-state index is 0.709. The topological polar surface area (TPSA) is 34.1 Å². The van der Waals surface area contributed by atoms with E-state index in [4.69, 9.17) is 4.99 Å². The molecular formula is C19H32BrN5S. The van der Waals surface area contributed by atoms with Crippen LogP contribution < -0.4 is 5.32 Å². The van der Waals surface area contributed by atoms with Gasteiger partial charge in [0, 0.05) is 57.2 Å². The highest BCUT2D eigenvalue weighted by atomic mass is 79.9. The number of hydrogen-bond donors (Lipinski definition) is 1. The molecule has 3 rings (SSSR count). The van der Waals surface area contributed by atoms with Crippen LogP contribution in [0.25, 0.3) is 0 Å². The van der Waals surface area contributed by atoms with Gasteiger partial charge in [0.15, 0.2) is 5.96 Å². The van der Waals surface area contributed by atoms with Crippen molar-refractivity contribution in [1.82, 2.24) is 20.0 Å². The summed E-state index contributed by atoms with van der Waals surface area (Å²) in [6, 6.07) is 4.38. The van der Waals surface area contributed by atoms with Crippen LogP contribution >= 0.6 is 27.3 Å². The van der Waals surface area contributed by atoms with Crippen molar-refractivity contribution in [3.8, 4) is 0 Å². The Morgan fingerprint density at radius 2 is 2.08 bits per heavy atom. The second kappa shape index (κ2) is 10.1. The number of nitrogens with zero attached hydrogens (tertiary/aromatic N) is 4. The van der Waals surface area contributed by atoms with E-state index < -0.39 is 0 Å². The molecule has 2 fully saturated rings. The Balaban J connectivity index is 1.50. The van der Waals surface area contributed by atoms with Crippen molar-refractivity contribution in [3.05, 3.63) is 20.8 Å². The summed E-state index contributed by atoms with van der Waals surface area (Å²) in [7, 11) is 2.23. The number of thiophene rings is 1. The highest BCUT2D eigenvalue weighted by Crippen LogP contribution is 2.23. The van der Waals surface area contributed by atoms with Crippen LogP contribution in [0.3, 0.4) is 0 Å². The van der Waals surface area contributed by atoms with E-state index in [1.54, 1.807) is 0 Å².